The number of likely N-dealkylation sites (N-methyl/N-ethyl adjacent to an activating group) is 1. The normalized spacial score (nSPS) is 9.50. The number of benzene rings is 1. The monoisotopic (exact) mass is 347 g/mol. The smallest absolute Gasteiger partial charge is 0.200 e. The van der Waals surface area contributed by atoms with Gasteiger partial charge in [0.25, 0.3) is 0 Å². The van der Waals surface area contributed by atoms with Gasteiger partial charge in [-0.3, -0.25) is 0 Å². The molecule has 1 radical (unpaired) electrons. The van der Waals surface area contributed by atoms with Gasteiger partial charge in [0.2, 0.25) is 0 Å². The fourth-order valence-electron chi connectivity index (χ4n) is 1.05. The molecule has 0 aliphatic carbocycles. The predicted octanol–water partition coefficient (Wildman–Crippen LogP) is 1.35. The summed E-state index contributed by atoms with van der Waals surface area (Å²) in [6.45, 7) is 0.629. The molecular formula is C9H12HoNO3-. The molecule has 0 fully saturated rings. The zero-order valence-corrected chi connectivity index (χ0v) is 9.59. The van der Waals surface area contributed by atoms with E-state index in [1.165, 1.54) is 12.1 Å². The standard InChI is InChI=1S/C9H12NO3.Ho/c1-10-3-2-6-4-7(11)9(13)8(12)5-6;/h4-5,11-13H,2-3H2,1H3;/q-1;. The molecule has 1 aromatic rings. The zero-order chi connectivity index (χ0) is 9.84. The average molecular weight is 347 g/mol. The molecule has 0 bridgehead atoms. The number of hydrogen-bond acceptors (Lipinski definition) is 3. The minimum Gasteiger partial charge on any atom is -0.665 e. The van der Waals surface area contributed by atoms with Crippen LogP contribution >= 0.6 is 0 Å². The van der Waals surface area contributed by atoms with Crippen molar-refractivity contribution in [3.05, 3.63) is 23.0 Å². The second-order valence-corrected chi connectivity index (χ2v) is 2.77. The van der Waals surface area contributed by atoms with Crippen LogP contribution < -0.4 is 0 Å². The minimum absolute atomic E-state index is 0. The summed E-state index contributed by atoms with van der Waals surface area (Å²) in [7, 11) is 1.69. The van der Waals surface area contributed by atoms with Crippen molar-refractivity contribution < 1.29 is 53.1 Å². The maximum Gasteiger partial charge on any atom is 0.200 e. The van der Waals surface area contributed by atoms with Gasteiger partial charge in [0.05, 0.1) is 0 Å². The van der Waals surface area contributed by atoms with Gasteiger partial charge in [0.1, 0.15) is 0 Å². The van der Waals surface area contributed by atoms with Crippen LogP contribution in [-0.2, 0) is 6.42 Å². The van der Waals surface area contributed by atoms with E-state index in [4.69, 9.17) is 15.3 Å². The maximum atomic E-state index is 9.14. The Bertz CT molecular complexity index is 281. The second-order valence-electron chi connectivity index (χ2n) is 2.77. The average Bonchev–Trinajstić information content (AvgIpc) is 2.10. The largest absolute Gasteiger partial charge is 0.665 e. The number of hydrogen-bond donors (Lipinski definition) is 3. The maximum absolute atomic E-state index is 9.14. The Hall–Kier alpha value is -0.160. The van der Waals surface area contributed by atoms with Crippen molar-refractivity contribution in [3.8, 4) is 17.2 Å². The van der Waals surface area contributed by atoms with E-state index in [0.29, 0.717) is 13.0 Å². The molecule has 4 nitrogen and oxygen atoms in total. The van der Waals surface area contributed by atoms with Crippen LogP contribution in [0.2, 0.25) is 0 Å². The van der Waals surface area contributed by atoms with Gasteiger partial charge < -0.3 is 20.6 Å². The Labute approximate surface area is 113 Å². The summed E-state index contributed by atoms with van der Waals surface area (Å²) in [5.41, 5.74) is 0.749. The van der Waals surface area contributed by atoms with Crippen molar-refractivity contribution in [1.82, 2.24) is 0 Å². The van der Waals surface area contributed by atoms with E-state index in [9.17, 15) is 0 Å². The van der Waals surface area contributed by atoms with E-state index in [-0.39, 0.29) is 49.2 Å². The molecule has 1 rings (SSSR count). The molecule has 83 valence electrons. The van der Waals surface area contributed by atoms with E-state index in [1.54, 1.807) is 7.05 Å². The minimum atomic E-state index is -0.475. The van der Waals surface area contributed by atoms with Crippen molar-refractivity contribution in [2.75, 3.05) is 13.6 Å². The van der Waals surface area contributed by atoms with Crippen LogP contribution in [0.4, 0.5) is 0 Å². The van der Waals surface area contributed by atoms with Gasteiger partial charge in [-0.15, -0.1) is 6.54 Å². The number of nitrogens with zero attached hydrogens (tertiary/aromatic N) is 1. The molecule has 5 heteroatoms. The summed E-state index contributed by atoms with van der Waals surface area (Å²) in [4.78, 5) is 0. The zero-order valence-electron chi connectivity index (χ0n) is 7.66. The fourth-order valence-corrected chi connectivity index (χ4v) is 1.05. The third kappa shape index (κ3) is 3.53. The van der Waals surface area contributed by atoms with E-state index < -0.39 is 5.75 Å². The molecule has 0 amide bonds. The molecular weight excluding hydrogens is 335 g/mol. The summed E-state index contributed by atoms with van der Waals surface area (Å²) in [5, 5.41) is 31.2. The van der Waals surface area contributed by atoms with Crippen LogP contribution in [0.5, 0.6) is 17.2 Å². The Morgan fingerprint density at radius 1 is 1.14 bits per heavy atom. The first-order valence-electron chi connectivity index (χ1n) is 3.94. The number of rotatable bonds is 3. The van der Waals surface area contributed by atoms with E-state index in [0.717, 1.165) is 5.56 Å². The Morgan fingerprint density at radius 3 is 2.07 bits per heavy atom. The summed E-state index contributed by atoms with van der Waals surface area (Å²) >= 11 is 0. The van der Waals surface area contributed by atoms with E-state index in [1.807, 2.05) is 0 Å². The SMILES string of the molecule is C[N-]CCc1cc(O)c(O)c(O)c1.[Ho]. The van der Waals surface area contributed by atoms with Gasteiger partial charge in [-0.2, -0.15) is 7.05 Å². The molecule has 0 aliphatic rings. The van der Waals surface area contributed by atoms with Crippen molar-refractivity contribution in [1.29, 1.82) is 0 Å². The molecule has 0 spiro atoms. The van der Waals surface area contributed by atoms with E-state index in [2.05, 4.69) is 5.32 Å². The summed E-state index contributed by atoms with van der Waals surface area (Å²) in [6, 6.07) is 2.83. The van der Waals surface area contributed by atoms with Crippen LogP contribution in [0, 0.1) is 37.7 Å². The molecule has 3 N–H and O–H groups in total. The Balaban J connectivity index is 0.00000169. The van der Waals surface area contributed by atoms with Crippen molar-refractivity contribution >= 4 is 0 Å². The number of phenolic OH excluding ortho intramolecular Hbond substituents is 3. The van der Waals surface area contributed by atoms with Crippen LogP contribution in [-0.4, -0.2) is 28.9 Å². The third-order valence-electron chi connectivity index (χ3n) is 1.75. The summed E-state index contributed by atoms with van der Waals surface area (Å²) in [6.07, 6.45) is 0.637. The van der Waals surface area contributed by atoms with Crippen molar-refractivity contribution in [2.45, 2.75) is 6.42 Å². The quantitative estimate of drug-likeness (QED) is 0.571. The first kappa shape index (κ1) is 13.8. The molecule has 0 atom stereocenters. The van der Waals surface area contributed by atoms with Gasteiger partial charge in [0, 0.05) is 37.7 Å². The van der Waals surface area contributed by atoms with Crippen LogP contribution in [0.3, 0.4) is 0 Å². The molecule has 0 saturated carbocycles. The van der Waals surface area contributed by atoms with Gasteiger partial charge >= 0.3 is 0 Å². The third-order valence-corrected chi connectivity index (χ3v) is 1.75. The first-order valence-corrected chi connectivity index (χ1v) is 3.94. The van der Waals surface area contributed by atoms with Gasteiger partial charge in [0.15, 0.2) is 17.2 Å². The van der Waals surface area contributed by atoms with Crippen molar-refractivity contribution in [2.24, 2.45) is 0 Å². The first-order chi connectivity index (χ1) is 6.15. The Kier molecular flexibility index (Phi) is 6.27. The van der Waals surface area contributed by atoms with Gasteiger partial charge in [-0.1, -0.05) is 0 Å². The molecule has 0 heterocycles. The second kappa shape index (κ2) is 6.35. The van der Waals surface area contributed by atoms with Crippen LogP contribution in [0.25, 0.3) is 5.32 Å². The molecule has 0 saturated heterocycles. The molecule has 0 aliphatic heterocycles. The van der Waals surface area contributed by atoms with Gasteiger partial charge in [-0.25, -0.2) is 0 Å². The predicted molar refractivity (Wildman–Crippen MR) is 49.3 cm³/mol. The topological polar surface area (TPSA) is 74.8 Å². The number of aromatic hydroxyl groups is 3. The van der Waals surface area contributed by atoms with E-state index >= 15 is 0 Å². The Morgan fingerprint density at radius 2 is 1.64 bits per heavy atom. The van der Waals surface area contributed by atoms with Crippen LogP contribution in [0.15, 0.2) is 12.1 Å². The molecule has 0 unspecified atom stereocenters. The fraction of sp³-hybridized carbons (Fsp3) is 0.333. The van der Waals surface area contributed by atoms with Crippen molar-refractivity contribution in [3.63, 3.8) is 0 Å². The number of phenols is 3. The molecule has 0 aromatic heterocycles. The summed E-state index contributed by atoms with van der Waals surface area (Å²) in [5.74, 6) is -1.07. The molecule has 14 heavy (non-hydrogen) atoms. The van der Waals surface area contributed by atoms with Crippen LogP contribution in [0.1, 0.15) is 5.56 Å². The molecule has 1 aromatic carbocycles. The summed E-state index contributed by atoms with van der Waals surface area (Å²) < 4.78 is 0. The van der Waals surface area contributed by atoms with Gasteiger partial charge in [-0.05, 0) is 24.1 Å².